The third-order valence-corrected chi connectivity index (χ3v) is 5.56. The van der Waals surface area contributed by atoms with Gasteiger partial charge < -0.3 is 19.6 Å². The number of anilines is 1. The standard InChI is InChI=1S/C25H30N2O4/c1-26(2)20-13-11-19(12-14-20)23-22(21(28)15-10-18-8-5-4-6-9-18)24(29)25(30)27(23)16-7-17-31-3/h4-6,8-9,11-14,23,29H,7,10,15-17H2,1-3H3. The normalized spacial score (nSPS) is 16.2. The van der Waals surface area contributed by atoms with E-state index < -0.39 is 17.7 Å². The van der Waals surface area contributed by atoms with Crippen LogP contribution in [0.5, 0.6) is 0 Å². The molecule has 0 saturated heterocycles. The van der Waals surface area contributed by atoms with E-state index in [0.29, 0.717) is 26.0 Å². The van der Waals surface area contributed by atoms with E-state index in [1.165, 1.54) is 0 Å². The number of amides is 1. The summed E-state index contributed by atoms with van der Waals surface area (Å²) in [5.74, 6) is -1.14. The monoisotopic (exact) mass is 422 g/mol. The molecular formula is C25H30N2O4. The van der Waals surface area contributed by atoms with E-state index in [9.17, 15) is 14.7 Å². The van der Waals surface area contributed by atoms with E-state index in [0.717, 1.165) is 16.8 Å². The number of nitrogens with zero attached hydrogens (tertiary/aromatic N) is 2. The molecular weight excluding hydrogens is 392 g/mol. The fourth-order valence-electron chi connectivity index (χ4n) is 3.89. The smallest absolute Gasteiger partial charge is 0.290 e. The van der Waals surface area contributed by atoms with Crippen molar-refractivity contribution in [2.75, 3.05) is 39.3 Å². The minimum Gasteiger partial charge on any atom is -0.503 e. The molecule has 2 aromatic rings. The van der Waals surface area contributed by atoms with Gasteiger partial charge in [-0.15, -0.1) is 0 Å². The largest absolute Gasteiger partial charge is 0.503 e. The Hall–Kier alpha value is -3.12. The SMILES string of the molecule is COCCCN1C(=O)C(O)=C(C(=O)CCc2ccccc2)C1c1ccc(N(C)C)cc1. The lowest BCUT2D eigenvalue weighted by molar-refractivity contribution is -0.129. The van der Waals surface area contributed by atoms with Gasteiger partial charge in [-0.2, -0.15) is 0 Å². The molecule has 1 atom stereocenters. The molecule has 0 spiro atoms. The number of aryl methyl sites for hydroxylation is 1. The van der Waals surface area contributed by atoms with E-state index in [1.807, 2.05) is 73.6 Å². The van der Waals surface area contributed by atoms with Crippen LogP contribution in [0.2, 0.25) is 0 Å². The lowest BCUT2D eigenvalue weighted by atomic mass is 9.93. The number of carbonyl (C=O) groups is 2. The predicted molar refractivity (Wildman–Crippen MR) is 121 cm³/mol. The zero-order valence-corrected chi connectivity index (χ0v) is 18.4. The van der Waals surface area contributed by atoms with Crippen molar-refractivity contribution >= 4 is 17.4 Å². The first-order valence-electron chi connectivity index (χ1n) is 10.5. The van der Waals surface area contributed by atoms with Crippen molar-refractivity contribution in [1.82, 2.24) is 4.90 Å². The van der Waals surface area contributed by atoms with Gasteiger partial charge in [0.05, 0.1) is 11.6 Å². The van der Waals surface area contributed by atoms with E-state index in [4.69, 9.17) is 4.74 Å². The highest BCUT2D eigenvalue weighted by Crippen LogP contribution is 2.39. The van der Waals surface area contributed by atoms with Crippen LogP contribution in [0.4, 0.5) is 5.69 Å². The van der Waals surface area contributed by atoms with E-state index in [1.54, 1.807) is 12.0 Å². The zero-order chi connectivity index (χ0) is 22.4. The van der Waals surface area contributed by atoms with Gasteiger partial charge in [0.25, 0.3) is 5.91 Å². The lowest BCUT2D eigenvalue weighted by Gasteiger charge is -2.27. The first-order chi connectivity index (χ1) is 14.9. The molecule has 1 heterocycles. The molecule has 0 fully saturated rings. The zero-order valence-electron chi connectivity index (χ0n) is 18.4. The molecule has 0 saturated carbocycles. The molecule has 3 rings (SSSR count). The van der Waals surface area contributed by atoms with Crippen LogP contribution in [0, 0.1) is 0 Å². The summed E-state index contributed by atoms with van der Waals surface area (Å²) < 4.78 is 5.12. The number of aliphatic hydroxyl groups excluding tert-OH is 1. The summed E-state index contributed by atoms with van der Waals surface area (Å²) in [4.78, 5) is 29.6. The molecule has 0 aromatic heterocycles. The highest BCUT2D eigenvalue weighted by molar-refractivity contribution is 6.09. The number of hydrogen-bond acceptors (Lipinski definition) is 5. The minimum absolute atomic E-state index is 0.191. The van der Waals surface area contributed by atoms with E-state index >= 15 is 0 Å². The van der Waals surface area contributed by atoms with Crippen molar-refractivity contribution in [2.24, 2.45) is 0 Å². The number of ether oxygens (including phenoxy) is 1. The molecule has 1 aliphatic heterocycles. The van der Waals surface area contributed by atoms with Gasteiger partial charge in [-0.3, -0.25) is 9.59 Å². The van der Waals surface area contributed by atoms with Crippen LogP contribution >= 0.6 is 0 Å². The third kappa shape index (κ3) is 5.14. The quantitative estimate of drug-likeness (QED) is 0.592. The van der Waals surface area contributed by atoms with Gasteiger partial charge in [0.1, 0.15) is 0 Å². The Morgan fingerprint density at radius 2 is 1.77 bits per heavy atom. The molecule has 1 N–H and O–H groups in total. The van der Waals surface area contributed by atoms with Gasteiger partial charge >= 0.3 is 0 Å². The maximum absolute atomic E-state index is 13.2. The average molecular weight is 423 g/mol. The van der Waals surface area contributed by atoms with Crippen molar-refractivity contribution in [3.05, 3.63) is 77.1 Å². The number of hydrogen-bond donors (Lipinski definition) is 1. The maximum Gasteiger partial charge on any atom is 0.290 e. The highest BCUT2D eigenvalue weighted by Gasteiger charge is 2.42. The van der Waals surface area contributed by atoms with E-state index in [-0.39, 0.29) is 17.8 Å². The van der Waals surface area contributed by atoms with Crippen LogP contribution in [0.25, 0.3) is 0 Å². The Labute approximate surface area is 183 Å². The van der Waals surface area contributed by atoms with Crippen LogP contribution in [-0.2, 0) is 20.7 Å². The third-order valence-electron chi connectivity index (χ3n) is 5.56. The second-order valence-electron chi connectivity index (χ2n) is 7.90. The molecule has 6 nitrogen and oxygen atoms in total. The fraction of sp³-hybridized carbons (Fsp3) is 0.360. The molecule has 1 amide bonds. The Morgan fingerprint density at radius 1 is 1.10 bits per heavy atom. The number of ketones is 1. The Kier molecular flexibility index (Phi) is 7.47. The summed E-state index contributed by atoms with van der Waals surface area (Å²) in [5.41, 5.74) is 3.06. The first kappa shape index (κ1) is 22.6. The van der Waals surface area contributed by atoms with Crippen molar-refractivity contribution in [2.45, 2.75) is 25.3 Å². The number of rotatable bonds is 10. The highest BCUT2D eigenvalue weighted by atomic mass is 16.5. The molecule has 0 radical (unpaired) electrons. The van der Waals surface area contributed by atoms with Crippen LogP contribution in [0.1, 0.15) is 30.0 Å². The van der Waals surface area contributed by atoms with Crippen molar-refractivity contribution in [3.8, 4) is 0 Å². The van der Waals surface area contributed by atoms with Crippen molar-refractivity contribution < 1.29 is 19.4 Å². The van der Waals surface area contributed by atoms with Crippen LogP contribution in [0.15, 0.2) is 65.9 Å². The Balaban J connectivity index is 1.89. The minimum atomic E-state index is -0.594. The van der Waals surface area contributed by atoms with Gasteiger partial charge in [0, 0.05) is 46.5 Å². The summed E-state index contributed by atoms with van der Waals surface area (Å²) >= 11 is 0. The van der Waals surface area contributed by atoms with Crippen LogP contribution in [-0.4, -0.2) is 56.1 Å². The van der Waals surface area contributed by atoms with Gasteiger partial charge in [-0.05, 0) is 36.1 Å². The number of Topliss-reactive ketones (excluding diaryl/α,β-unsaturated/α-hetero) is 1. The van der Waals surface area contributed by atoms with Crippen molar-refractivity contribution in [1.29, 1.82) is 0 Å². The summed E-state index contributed by atoms with van der Waals surface area (Å²) in [7, 11) is 5.52. The summed E-state index contributed by atoms with van der Waals surface area (Å²) in [6.07, 6.45) is 1.41. The van der Waals surface area contributed by atoms with Gasteiger partial charge in [-0.1, -0.05) is 42.5 Å². The molecule has 6 heteroatoms. The lowest BCUT2D eigenvalue weighted by Crippen LogP contribution is -2.32. The predicted octanol–water partition coefficient (Wildman–Crippen LogP) is 3.69. The van der Waals surface area contributed by atoms with Gasteiger partial charge in [0.2, 0.25) is 0 Å². The van der Waals surface area contributed by atoms with Crippen LogP contribution in [0.3, 0.4) is 0 Å². The Bertz CT molecular complexity index is 936. The van der Waals surface area contributed by atoms with Gasteiger partial charge in [-0.25, -0.2) is 0 Å². The molecule has 2 aromatic carbocycles. The maximum atomic E-state index is 13.2. The number of aliphatic hydroxyl groups is 1. The summed E-state index contributed by atoms with van der Waals surface area (Å²) in [6.45, 7) is 0.889. The second kappa shape index (κ2) is 10.3. The Morgan fingerprint density at radius 3 is 2.39 bits per heavy atom. The van der Waals surface area contributed by atoms with Crippen LogP contribution < -0.4 is 4.90 Å². The topological polar surface area (TPSA) is 70.1 Å². The number of methoxy groups -OCH3 is 1. The molecule has 1 unspecified atom stereocenters. The number of benzene rings is 2. The average Bonchev–Trinajstić information content (AvgIpc) is 3.03. The van der Waals surface area contributed by atoms with Crippen molar-refractivity contribution in [3.63, 3.8) is 0 Å². The van der Waals surface area contributed by atoms with E-state index in [2.05, 4.69) is 0 Å². The summed E-state index contributed by atoms with van der Waals surface area (Å²) in [6, 6.07) is 16.9. The molecule has 164 valence electrons. The second-order valence-corrected chi connectivity index (χ2v) is 7.90. The summed E-state index contributed by atoms with van der Waals surface area (Å²) in [5, 5.41) is 10.7. The van der Waals surface area contributed by atoms with Gasteiger partial charge in [0.15, 0.2) is 11.5 Å². The fourth-order valence-corrected chi connectivity index (χ4v) is 3.89. The number of carbonyl (C=O) groups excluding carboxylic acids is 2. The molecule has 31 heavy (non-hydrogen) atoms. The molecule has 0 aliphatic carbocycles. The molecule has 1 aliphatic rings. The molecule has 0 bridgehead atoms. The first-order valence-corrected chi connectivity index (χ1v) is 10.5.